The lowest BCUT2D eigenvalue weighted by Crippen LogP contribution is -2.41. The fraction of sp³-hybridized carbons (Fsp3) is 0.500. The molecule has 1 saturated heterocycles. The molecule has 6 heteroatoms. The fourth-order valence-electron chi connectivity index (χ4n) is 3.26. The van der Waals surface area contributed by atoms with Gasteiger partial charge in [-0.05, 0) is 58.0 Å². The van der Waals surface area contributed by atoms with Crippen molar-refractivity contribution < 1.29 is 13.9 Å². The van der Waals surface area contributed by atoms with Gasteiger partial charge in [-0.15, -0.1) is 0 Å². The molecular weight excluding hydrogens is 330 g/mol. The Bertz CT molecular complexity index is 751. The Morgan fingerprint density at radius 3 is 2.88 bits per heavy atom. The van der Waals surface area contributed by atoms with E-state index in [1.807, 2.05) is 31.2 Å². The summed E-state index contributed by atoms with van der Waals surface area (Å²) in [6, 6.07) is 7.91. The molecule has 1 N–H and O–H groups in total. The van der Waals surface area contributed by atoms with Gasteiger partial charge in [-0.3, -0.25) is 9.69 Å². The van der Waals surface area contributed by atoms with Crippen LogP contribution in [-0.4, -0.2) is 48.6 Å². The van der Waals surface area contributed by atoms with Crippen LogP contribution in [0.5, 0.6) is 5.75 Å². The first kappa shape index (κ1) is 18.5. The highest BCUT2D eigenvalue weighted by atomic mass is 16.5. The number of hydrogen-bond acceptors (Lipinski definition) is 5. The van der Waals surface area contributed by atoms with Crippen LogP contribution in [0, 0.1) is 6.92 Å². The second kappa shape index (κ2) is 8.36. The van der Waals surface area contributed by atoms with E-state index in [0.717, 1.165) is 24.4 Å². The lowest BCUT2D eigenvalue weighted by atomic mass is 10.2. The number of carbonyl (C=O) groups excluding carboxylic acids is 1. The minimum absolute atomic E-state index is 0.0235. The number of amides is 1. The molecule has 0 bridgehead atoms. The average molecular weight is 357 g/mol. The van der Waals surface area contributed by atoms with Gasteiger partial charge in [-0.1, -0.05) is 6.07 Å². The molecule has 3 rings (SSSR count). The third-order valence-electron chi connectivity index (χ3n) is 4.90. The summed E-state index contributed by atoms with van der Waals surface area (Å²) in [7, 11) is 1.62. The number of aryl methyl sites for hydroxylation is 1. The number of benzene rings is 1. The number of ether oxygens (including phenoxy) is 1. The van der Waals surface area contributed by atoms with Crippen molar-refractivity contribution in [3.63, 3.8) is 0 Å². The van der Waals surface area contributed by atoms with Crippen molar-refractivity contribution in [1.82, 2.24) is 15.2 Å². The van der Waals surface area contributed by atoms with Crippen LogP contribution in [0.15, 0.2) is 28.7 Å². The molecule has 2 heterocycles. The van der Waals surface area contributed by atoms with E-state index in [0.29, 0.717) is 29.9 Å². The highest BCUT2D eigenvalue weighted by molar-refractivity contribution is 5.78. The van der Waals surface area contributed by atoms with Crippen LogP contribution in [0.2, 0.25) is 0 Å². The average Bonchev–Trinajstić information content (AvgIpc) is 3.30. The Morgan fingerprint density at radius 1 is 1.38 bits per heavy atom. The Morgan fingerprint density at radius 2 is 2.15 bits per heavy atom. The largest absolute Gasteiger partial charge is 0.497 e. The zero-order valence-electron chi connectivity index (χ0n) is 15.7. The third kappa shape index (κ3) is 4.43. The van der Waals surface area contributed by atoms with Gasteiger partial charge in [0.05, 0.1) is 19.2 Å². The molecule has 1 aromatic carbocycles. The number of nitrogens with one attached hydrogen (secondary N) is 1. The second-order valence-corrected chi connectivity index (χ2v) is 6.83. The molecule has 0 radical (unpaired) electrons. The zero-order chi connectivity index (χ0) is 18.5. The number of aromatic nitrogens is 1. The van der Waals surface area contributed by atoms with Gasteiger partial charge in [0.15, 0.2) is 0 Å². The van der Waals surface area contributed by atoms with Gasteiger partial charge in [0.1, 0.15) is 11.5 Å². The Kier molecular flexibility index (Phi) is 5.93. The van der Waals surface area contributed by atoms with Crippen LogP contribution in [-0.2, 0) is 11.2 Å². The highest BCUT2D eigenvalue weighted by Gasteiger charge is 2.19. The molecule has 1 aromatic heterocycles. The maximum atomic E-state index is 12.3. The summed E-state index contributed by atoms with van der Waals surface area (Å²) < 4.78 is 11.0. The lowest BCUT2D eigenvalue weighted by Gasteiger charge is -2.23. The molecule has 1 aliphatic heterocycles. The van der Waals surface area contributed by atoms with Crippen molar-refractivity contribution in [3.05, 3.63) is 35.7 Å². The monoisotopic (exact) mass is 357 g/mol. The van der Waals surface area contributed by atoms with Crippen LogP contribution in [0.1, 0.15) is 31.2 Å². The fourth-order valence-corrected chi connectivity index (χ4v) is 3.26. The van der Waals surface area contributed by atoms with Gasteiger partial charge in [-0.25, -0.2) is 4.98 Å². The van der Waals surface area contributed by atoms with E-state index >= 15 is 0 Å². The molecule has 26 heavy (non-hydrogen) atoms. The van der Waals surface area contributed by atoms with E-state index in [9.17, 15) is 4.79 Å². The van der Waals surface area contributed by atoms with Crippen molar-refractivity contribution in [2.45, 2.75) is 39.2 Å². The molecular formula is C20H27N3O3. The molecule has 1 aliphatic rings. The topological polar surface area (TPSA) is 67.6 Å². The van der Waals surface area contributed by atoms with E-state index in [-0.39, 0.29) is 12.3 Å². The standard InChI is InChI=1S/C20H27N3O3/c1-14(23-9-4-5-10-23)13-21-19(24)12-18-15(2)26-20(22-18)16-7-6-8-17(11-16)25-3/h6-8,11,14H,4-5,9-10,12-13H2,1-3H3,(H,21,24). The minimum Gasteiger partial charge on any atom is -0.497 e. The smallest absolute Gasteiger partial charge is 0.226 e. The first-order chi connectivity index (χ1) is 12.6. The van der Waals surface area contributed by atoms with Gasteiger partial charge in [0.2, 0.25) is 11.8 Å². The number of rotatable bonds is 7. The Balaban J connectivity index is 1.59. The number of oxazole rings is 1. The van der Waals surface area contributed by atoms with Crippen molar-refractivity contribution in [3.8, 4) is 17.2 Å². The summed E-state index contributed by atoms with van der Waals surface area (Å²) in [5.41, 5.74) is 1.51. The summed E-state index contributed by atoms with van der Waals surface area (Å²) >= 11 is 0. The quantitative estimate of drug-likeness (QED) is 0.825. The van der Waals surface area contributed by atoms with Crippen molar-refractivity contribution in [2.24, 2.45) is 0 Å². The predicted octanol–water partition coefficient (Wildman–Crippen LogP) is 2.80. The van der Waals surface area contributed by atoms with Crippen LogP contribution in [0.3, 0.4) is 0 Å². The summed E-state index contributed by atoms with van der Waals surface area (Å²) in [4.78, 5) is 19.2. The number of carbonyl (C=O) groups is 1. The first-order valence-corrected chi connectivity index (χ1v) is 9.18. The number of nitrogens with zero attached hydrogens (tertiary/aromatic N) is 2. The van der Waals surface area contributed by atoms with E-state index in [1.165, 1.54) is 12.8 Å². The lowest BCUT2D eigenvalue weighted by molar-refractivity contribution is -0.120. The maximum Gasteiger partial charge on any atom is 0.226 e. The molecule has 1 atom stereocenters. The summed E-state index contributed by atoms with van der Waals surface area (Å²) in [5, 5.41) is 3.02. The number of likely N-dealkylation sites (tertiary alicyclic amines) is 1. The van der Waals surface area contributed by atoms with Gasteiger partial charge in [0.25, 0.3) is 0 Å². The first-order valence-electron chi connectivity index (χ1n) is 9.18. The molecule has 2 aromatic rings. The van der Waals surface area contributed by atoms with Crippen molar-refractivity contribution in [2.75, 3.05) is 26.7 Å². The second-order valence-electron chi connectivity index (χ2n) is 6.83. The molecule has 1 unspecified atom stereocenters. The normalized spacial score (nSPS) is 15.8. The third-order valence-corrected chi connectivity index (χ3v) is 4.90. The SMILES string of the molecule is COc1cccc(-c2nc(CC(=O)NCC(C)N3CCCC3)c(C)o2)c1. The van der Waals surface area contributed by atoms with E-state index in [1.54, 1.807) is 7.11 Å². The van der Waals surface area contributed by atoms with E-state index in [2.05, 4.69) is 22.1 Å². The van der Waals surface area contributed by atoms with Crippen LogP contribution in [0.25, 0.3) is 11.5 Å². The minimum atomic E-state index is -0.0235. The zero-order valence-corrected chi connectivity index (χ0v) is 15.7. The number of methoxy groups -OCH3 is 1. The Labute approximate surface area is 154 Å². The van der Waals surface area contributed by atoms with Crippen LogP contribution < -0.4 is 10.1 Å². The summed E-state index contributed by atoms with van der Waals surface area (Å²) in [6.45, 7) is 6.92. The van der Waals surface area contributed by atoms with Crippen LogP contribution >= 0.6 is 0 Å². The highest BCUT2D eigenvalue weighted by Crippen LogP contribution is 2.25. The van der Waals surface area contributed by atoms with Crippen LogP contribution in [0.4, 0.5) is 0 Å². The van der Waals surface area contributed by atoms with E-state index in [4.69, 9.17) is 9.15 Å². The molecule has 140 valence electrons. The maximum absolute atomic E-state index is 12.3. The molecule has 0 saturated carbocycles. The molecule has 1 fully saturated rings. The van der Waals surface area contributed by atoms with Gasteiger partial charge in [-0.2, -0.15) is 0 Å². The van der Waals surface area contributed by atoms with Gasteiger partial charge in [0, 0.05) is 18.2 Å². The molecule has 0 aliphatic carbocycles. The van der Waals surface area contributed by atoms with Crippen molar-refractivity contribution >= 4 is 5.91 Å². The Hall–Kier alpha value is -2.34. The predicted molar refractivity (Wildman–Crippen MR) is 100 cm³/mol. The summed E-state index contributed by atoms with van der Waals surface area (Å²) in [6.07, 6.45) is 2.74. The van der Waals surface area contributed by atoms with Gasteiger partial charge >= 0.3 is 0 Å². The van der Waals surface area contributed by atoms with Crippen molar-refractivity contribution in [1.29, 1.82) is 0 Å². The van der Waals surface area contributed by atoms with Gasteiger partial charge < -0.3 is 14.5 Å². The number of hydrogen-bond donors (Lipinski definition) is 1. The summed E-state index contributed by atoms with van der Waals surface area (Å²) in [5.74, 6) is 1.90. The van der Waals surface area contributed by atoms with E-state index < -0.39 is 0 Å². The molecule has 6 nitrogen and oxygen atoms in total. The molecule has 1 amide bonds. The molecule has 0 spiro atoms.